The maximum atomic E-state index is 3.79. The summed E-state index contributed by atoms with van der Waals surface area (Å²) >= 11 is 5.49. The Bertz CT molecular complexity index is 1010. The van der Waals surface area contributed by atoms with Crippen LogP contribution >= 0.6 is 27.3 Å². The van der Waals surface area contributed by atoms with Crippen molar-refractivity contribution in [3.05, 3.63) is 94.3 Å². The number of aromatic nitrogens is 1. The summed E-state index contributed by atoms with van der Waals surface area (Å²) in [6, 6.07) is 29.4. The van der Waals surface area contributed by atoms with Crippen LogP contribution in [0.1, 0.15) is 5.56 Å². The molecular formula is C22H18Br2N2S. The van der Waals surface area contributed by atoms with Crippen molar-refractivity contribution < 1.29 is 21.5 Å². The fraction of sp³-hybridized carbons (Fsp3) is 0.0455. The highest BCUT2D eigenvalue weighted by molar-refractivity contribution is 9.11. The molecule has 4 rings (SSSR count). The minimum atomic E-state index is 0. The molecule has 1 heterocycles. The smallest absolute Gasteiger partial charge is 0.345 e. The second-order valence-electron chi connectivity index (χ2n) is 6.06. The molecule has 0 unspecified atom stereocenters. The Morgan fingerprint density at radius 3 is 2.04 bits per heavy atom. The summed E-state index contributed by atoms with van der Waals surface area (Å²) in [6.45, 7) is 2.11. The van der Waals surface area contributed by atoms with Crippen LogP contribution in [0.15, 0.2) is 88.7 Å². The zero-order chi connectivity index (χ0) is 17.9. The maximum absolute atomic E-state index is 3.79. The average Bonchev–Trinajstić information content (AvgIpc) is 3.00. The topological polar surface area (TPSA) is 15.9 Å². The van der Waals surface area contributed by atoms with Crippen molar-refractivity contribution in [1.29, 1.82) is 0 Å². The first-order valence-corrected chi connectivity index (χ1v) is 10.0. The molecule has 27 heavy (non-hydrogen) atoms. The van der Waals surface area contributed by atoms with Gasteiger partial charge < -0.3 is 17.0 Å². The van der Waals surface area contributed by atoms with Crippen molar-refractivity contribution in [2.75, 3.05) is 5.32 Å². The van der Waals surface area contributed by atoms with Crippen molar-refractivity contribution in [3.63, 3.8) is 0 Å². The minimum Gasteiger partial charge on any atom is -1.00 e. The molecule has 0 saturated heterocycles. The van der Waals surface area contributed by atoms with Gasteiger partial charge in [0.1, 0.15) is 15.2 Å². The van der Waals surface area contributed by atoms with Gasteiger partial charge in [-0.1, -0.05) is 66.2 Å². The average molecular weight is 502 g/mol. The first-order chi connectivity index (χ1) is 12.7. The number of aryl methyl sites for hydroxylation is 1. The van der Waals surface area contributed by atoms with Gasteiger partial charge in [-0.05, 0) is 58.5 Å². The number of para-hydroxylation sites is 2. The van der Waals surface area contributed by atoms with Crippen LogP contribution in [0.4, 0.5) is 10.8 Å². The van der Waals surface area contributed by atoms with E-state index >= 15 is 0 Å². The number of nitrogens with one attached hydrogen (secondary N) is 1. The van der Waals surface area contributed by atoms with E-state index in [0.717, 1.165) is 26.0 Å². The minimum absolute atomic E-state index is 0. The Hall–Kier alpha value is -1.95. The number of benzene rings is 3. The Kier molecular flexibility index (Phi) is 6.47. The molecule has 0 aliphatic carbocycles. The second-order valence-corrected chi connectivity index (χ2v) is 8.37. The van der Waals surface area contributed by atoms with E-state index in [4.69, 9.17) is 0 Å². The second kappa shape index (κ2) is 8.83. The summed E-state index contributed by atoms with van der Waals surface area (Å²) < 4.78 is 3.37. The number of hydrogen-bond donors (Lipinski definition) is 1. The lowest BCUT2D eigenvalue weighted by Gasteiger charge is -2.07. The largest absolute Gasteiger partial charge is 1.00 e. The number of rotatable bonds is 4. The molecule has 1 aromatic heterocycles. The molecule has 0 spiro atoms. The van der Waals surface area contributed by atoms with Crippen molar-refractivity contribution in [1.82, 2.24) is 0 Å². The van der Waals surface area contributed by atoms with Crippen LogP contribution < -0.4 is 26.9 Å². The van der Waals surface area contributed by atoms with Crippen molar-refractivity contribution >= 4 is 38.1 Å². The highest BCUT2D eigenvalue weighted by atomic mass is 79.9. The van der Waals surface area contributed by atoms with Crippen LogP contribution in [0.3, 0.4) is 0 Å². The molecule has 0 atom stereocenters. The number of hydrogen-bond acceptors (Lipinski definition) is 2. The van der Waals surface area contributed by atoms with Crippen LogP contribution in [0, 0.1) is 6.92 Å². The molecule has 0 aliphatic heterocycles. The van der Waals surface area contributed by atoms with E-state index < -0.39 is 0 Å². The Labute approximate surface area is 182 Å². The van der Waals surface area contributed by atoms with Gasteiger partial charge in [-0.15, -0.1) is 0 Å². The highest BCUT2D eigenvalue weighted by Crippen LogP contribution is 2.36. The fourth-order valence-electron chi connectivity index (χ4n) is 2.87. The standard InChI is InChI=1S/C22H17BrN2S.BrH/c1-16-12-14-17(15-13-16)20-21(23)26-22(24-18-8-4-2-5-9-18)25(20)19-10-6-3-7-11-19;/h2-15H,1H3;1H. The Morgan fingerprint density at radius 1 is 0.815 bits per heavy atom. The van der Waals surface area contributed by atoms with Gasteiger partial charge in [0.25, 0.3) is 0 Å². The molecule has 0 saturated carbocycles. The SMILES string of the molecule is Cc1ccc(-c2c(Br)sc(Nc3ccccc3)[n+]2-c2ccccc2)cc1.[Br-]. The maximum Gasteiger partial charge on any atom is 0.345 e. The molecule has 0 amide bonds. The first-order valence-electron chi connectivity index (χ1n) is 8.41. The van der Waals surface area contributed by atoms with Gasteiger partial charge in [-0.25, -0.2) is 5.32 Å². The zero-order valence-electron chi connectivity index (χ0n) is 14.7. The molecule has 2 nitrogen and oxygen atoms in total. The monoisotopic (exact) mass is 500 g/mol. The molecule has 0 fully saturated rings. The number of anilines is 2. The van der Waals surface area contributed by atoms with E-state index in [2.05, 4.69) is 93.4 Å². The van der Waals surface area contributed by atoms with Crippen molar-refractivity contribution in [2.45, 2.75) is 6.92 Å². The molecule has 4 aromatic rings. The molecule has 136 valence electrons. The van der Waals surface area contributed by atoms with Crippen LogP contribution in [-0.4, -0.2) is 0 Å². The van der Waals surface area contributed by atoms with Gasteiger partial charge in [0.2, 0.25) is 0 Å². The van der Waals surface area contributed by atoms with Crippen LogP contribution in [0.25, 0.3) is 16.9 Å². The van der Waals surface area contributed by atoms with Gasteiger partial charge in [0.05, 0.1) is 0 Å². The lowest BCUT2D eigenvalue weighted by atomic mass is 10.1. The van der Waals surface area contributed by atoms with E-state index in [9.17, 15) is 0 Å². The number of thiazole rings is 1. The Morgan fingerprint density at radius 2 is 1.41 bits per heavy atom. The number of nitrogens with zero attached hydrogens (tertiary/aromatic N) is 1. The molecule has 5 heteroatoms. The van der Waals surface area contributed by atoms with E-state index in [1.165, 1.54) is 11.1 Å². The predicted octanol–water partition coefficient (Wildman–Crippen LogP) is 3.51. The molecular weight excluding hydrogens is 484 g/mol. The molecule has 3 aromatic carbocycles. The van der Waals surface area contributed by atoms with Crippen LogP contribution in [-0.2, 0) is 0 Å². The van der Waals surface area contributed by atoms with Gasteiger partial charge in [-0.3, -0.25) is 0 Å². The molecule has 0 aliphatic rings. The summed E-state index contributed by atoms with van der Waals surface area (Å²) in [4.78, 5) is 0. The Balaban J connectivity index is 0.00000210. The summed E-state index contributed by atoms with van der Waals surface area (Å²) in [5.41, 5.74) is 5.79. The predicted molar refractivity (Wildman–Crippen MR) is 113 cm³/mol. The van der Waals surface area contributed by atoms with E-state index in [-0.39, 0.29) is 17.0 Å². The number of halogens is 2. The third-order valence-corrected chi connectivity index (χ3v) is 5.88. The van der Waals surface area contributed by atoms with Crippen molar-refractivity contribution in [2.24, 2.45) is 0 Å². The van der Waals surface area contributed by atoms with E-state index in [1.54, 1.807) is 11.3 Å². The zero-order valence-corrected chi connectivity index (χ0v) is 18.7. The van der Waals surface area contributed by atoms with Gasteiger partial charge in [-0.2, -0.15) is 4.57 Å². The van der Waals surface area contributed by atoms with Gasteiger partial charge in [0.15, 0.2) is 5.69 Å². The molecule has 0 radical (unpaired) electrons. The lowest BCUT2D eigenvalue weighted by Crippen LogP contribution is -3.00. The summed E-state index contributed by atoms with van der Waals surface area (Å²) in [6.07, 6.45) is 0. The quantitative estimate of drug-likeness (QED) is 0.423. The highest BCUT2D eigenvalue weighted by Gasteiger charge is 2.25. The third-order valence-electron chi connectivity index (χ3n) is 4.16. The first kappa shape index (κ1) is 19.8. The fourth-order valence-corrected chi connectivity index (χ4v) is 4.67. The van der Waals surface area contributed by atoms with Crippen molar-refractivity contribution in [3.8, 4) is 16.9 Å². The van der Waals surface area contributed by atoms with Gasteiger partial charge >= 0.3 is 5.13 Å². The summed E-state index contributed by atoms with van der Waals surface area (Å²) in [7, 11) is 0. The normalized spacial score (nSPS) is 10.3. The van der Waals surface area contributed by atoms with Gasteiger partial charge in [0, 0.05) is 5.56 Å². The van der Waals surface area contributed by atoms with E-state index in [1.807, 2.05) is 24.3 Å². The third kappa shape index (κ3) is 4.32. The lowest BCUT2D eigenvalue weighted by molar-refractivity contribution is -0.564. The summed E-state index contributed by atoms with van der Waals surface area (Å²) in [5, 5.41) is 4.62. The van der Waals surface area contributed by atoms with Crippen LogP contribution in [0.2, 0.25) is 0 Å². The molecule has 1 N–H and O–H groups in total. The van der Waals surface area contributed by atoms with E-state index in [0.29, 0.717) is 0 Å². The van der Waals surface area contributed by atoms with Crippen LogP contribution in [0.5, 0.6) is 0 Å². The summed E-state index contributed by atoms with van der Waals surface area (Å²) in [5.74, 6) is 0. The molecule has 0 bridgehead atoms.